The molecule has 0 saturated heterocycles. The number of amides is 1. The maximum absolute atomic E-state index is 12.3. The molecule has 0 spiro atoms. The van der Waals surface area contributed by atoms with Crippen molar-refractivity contribution in [2.75, 3.05) is 20.1 Å². The lowest BCUT2D eigenvalue weighted by Crippen LogP contribution is -2.39. The summed E-state index contributed by atoms with van der Waals surface area (Å²) < 4.78 is 25.5. The van der Waals surface area contributed by atoms with Crippen LogP contribution >= 0.6 is 0 Å². The fourth-order valence-corrected chi connectivity index (χ4v) is 2.89. The zero-order chi connectivity index (χ0) is 17.6. The highest BCUT2D eigenvalue weighted by molar-refractivity contribution is 7.89. The molecule has 10 heteroatoms. The van der Waals surface area contributed by atoms with Gasteiger partial charge in [-0.25, -0.2) is 8.42 Å². The molecule has 1 unspecified atom stereocenters. The normalized spacial score (nSPS) is 12.9. The van der Waals surface area contributed by atoms with Crippen LogP contribution in [0.3, 0.4) is 0 Å². The number of nitrogens with zero attached hydrogens (tertiary/aromatic N) is 2. The number of benzene rings is 1. The highest BCUT2D eigenvalue weighted by Crippen LogP contribution is 2.19. The summed E-state index contributed by atoms with van der Waals surface area (Å²) in [5.74, 6) is -0.470. The zero-order valence-electron chi connectivity index (χ0n) is 12.9. The smallest absolute Gasteiger partial charge is 0.270 e. The van der Waals surface area contributed by atoms with Gasteiger partial charge in [-0.05, 0) is 19.4 Å². The van der Waals surface area contributed by atoms with E-state index in [0.29, 0.717) is 13.0 Å². The summed E-state index contributed by atoms with van der Waals surface area (Å²) in [6, 6.07) is 4.61. The Morgan fingerprint density at radius 2 is 2.13 bits per heavy atom. The molecule has 0 aliphatic heterocycles. The van der Waals surface area contributed by atoms with E-state index in [1.807, 2.05) is 0 Å². The van der Waals surface area contributed by atoms with Gasteiger partial charge in [-0.1, -0.05) is 6.07 Å². The fraction of sp³-hybridized carbons (Fsp3) is 0.462. The molecule has 23 heavy (non-hydrogen) atoms. The Hall–Kier alpha value is -2.04. The molecule has 1 atom stereocenters. The second-order valence-corrected chi connectivity index (χ2v) is 7.18. The van der Waals surface area contributed by atoms with Crippen molar-refractivity contribution in [3.8, 4) is 0 Å². The summed E-state index contributed by atoms with van der Waals surface area (Å²) in [4.78, 5) is 21.5. The van der Waals surface area contributed by atoms with Gasteiger partial charge in [-0.15, -0.1) is 0 Å². The molecule has 0 aromatic heterocycles. The van der Waals surface area contributed by atoms with Crippen LogP contribution in [0.2, 0.25) is 0 Å². The van der Waals surface area contributed by atoms with Crippen LogP contribution in [-0.2, 0) is 14.8 Å². The summed E-state index contributed by atoms with van der Waals surface area (Å²) in [5, 5.41) is 13.3. The van der Waals surface area contributed by atoms with Crippen LogP contribution in [0.5, 0.6) is 0 Å². The maximum Gasteiger partial charge on any atom is 0.270 e. The van der Waals surface area contributed by atoms with Gasteiger partial charge >= 0.3 is 0 Å². The summed E-state index contributed by atoms with van der Waals surface area (Å²) in [5.41, 5.74) is 5.22. The first-order chi connectivity index (χ1) is 10.6. The Morgan fingerprint density at radius 3 is 2.70 bits per heavy atom. The summed E-state index contributed by atoms with van der Waals surface area (Å²) >= 11 is 0. The fourth-order valence-electron chi connectivity index (χ4n) is 1.72. The lowest BCUT2D eigenvalue weighted by molar-refractivity contribution is -0.385. The Bertz CT molecular complexity index is 675. The van der Waals surface area contributed by atoms with Gasteiger partial charge in [0.05, 0.1) is 16.4 Å². The number of non-ortho nitro benzene ring substituents is 1. The van der Waals surface area contributed by atoms with Crippen LogP contribution in [0.1, 0.15) is 13.3 Å². The minimum Gasteiger partial charge on any atom is -0.355 e. The molecule has 1 aromatic rings. The summed E-state index contributed by atoms with van der Waals surface area (Å²) in [6.45, 7) is 1.76. The second kappa shape index (κ2) is 7.99. The van der Waals surface area contributed by atoms with Crippen molar-refractivity contribution in [3.05, 3.63) is 34.4 Å². The van der Waals surface area contributed by atoms with Crippen LogP contribution in [0.25, 0.3) is 0 Å². The van der Waals surface area contributed by atoms with E-state index in [0.717, 1.165) is 10.4 Å². The SMILES string of the molecule is CC(N)CCNC(=O)CN(C)S(=O)(=O)c1cccc([N+](=O)[O-])c1. The molecule has 0 aliphatic carbocycles. The topological polar surface area (TPSA) is 136 Å². The number of nitro benzene ring substituents is 1. The number of nitro groups is 1. The number of nitrogens with one attached hydrogen (secondary N) is 1. The molecule has 0 aliphatic rings. The van der Waals surface area contributed by atoms with Crippen molar-refractivity contribution in [2.45, 2.75) is 24.3 Å². The van der Waals surface area contributed by atoms with Crippen molar-refractivity contribution < 1.29 is 18.1 Å². The van der Waals surface area contributed by atoms with E-state index in [1.165, 1.54) is 25.2 Å². The van der Waals surface area contributed by atoms with E-state index in [-0.39, 0.29) is 23.2 Å². The summed E-state index contributed by atoms with van der Waals surface area (Å²) in [6.07, 6.45) is 0.576. The molecule has 1 rings (SSSR count). The largest absolute Gasteiger partial charge is 0.355 e. The van der Waals surface area contributed by atoms with Crippen molar-refractivity contribution >= 4 is 21.6 Å². The molecule has 0 bridgehead atoms. The van der Waals surface area contributed by atoms with Gasteiger partial charge in [0.25, 0.3) is 5.69 Å². The van der Waals surface area contributed by atoms with E-state index in [1.54, 1.807) is 6.92 Å². The van der Waals surface area contributed by atoms with Gasteiger partial charge in [-0.3, -0.25) is 14.9 Å². The first-order valence-electron chi connectivity index (χ1n) is 6.87. The van der Waals surface area contributed by atoms with Crippen molar-refractivity contribution in [2.24, 2.45) is 5.73 Å². The highest BCUT2D eigenvalue weighted by atomic mass is 32.2. The molecule has 0 heterocycles. The predicted molar refractivity (Wildman–Crippen MR) is 84.2 cm³/mol. The van der Waals surface area contributed by atoms with Crippen LogP contribution < -0.4 is 11.1 Å². The minimum atomic E-state index is -3.99. The Balaban J connectivity index is 2.77. The molecule has 3 N–H and O–H groups in total. The van der Waals surface area contributed by atoms with Gasteiger partial charge in [0.2, 0.25) is 15.9 Å². The lowest BCUT2D eigenvalue weighted by Gasteiger charge is -2.17. The van der Waals surface area contributed by atoms with E-state index in [4.69, 9.17) is 5.73 Å². The molecule has 0 radical (unpaired) electrons. The first-order valence-corrected chi connectivity index (χ1v) is 8.31. The van der Waals surface area contributed by atoms with Crippen molar-refractivity contribution in [3.63, 3.8) is 0 Å². The lowest BCUT2D eigenvalue weighted by atomic mass is 10.2. The monoisotopic (exact) mass is 344 g/mol. The number of rotatable bonds is 8. The Morgan fingerprint density at radius 1 is 1.48 bits per heavy atom. The molecular formula is C13H20N4O5S. The standard InChI is InChI=1S/C13H20N4O5S/c1-10(14)6-7-15-13(18)9-16(2)23(21,22)12-5-3-4-11(8-12)17(19)20/h3-5,8,10H,6-7,9,14H2,1-2H3,(H,15,18). The summed E-state index contributed by atoms with van der Waals surface area (Å²) in [7, 11) is -2.75. The van der Waals surface area contributed by atoms with Crippen LogP contribution in [0.4, 0.5) is 5.69 Å². The van der Waals surface area contributed by atoms with E-state index >= 15 is 0 Å². The van der Waals surface area contributed by atoms with Gasteiger partial charge in [0.1, 0.15) is 0 Å². The number of hydrogen-bond acceptors (Lipinski definition) is 6. The van der Waals surface area contributed by atoms with Gasteiger partial charge in [-0.2, -0.15) is 4.31 Å². The van der Waals surface area contributed by atoms with Crippen LogP contribution in [0.15, 0.2) is 29.2 Å². The first kappa shape index (κ1) is 19.0. The van der Waals surface area contributed by atoms with Crippen molar-refractivity contribution in [1.29, 1.82) is 0 Å². The average molecular weight is 344 g/mol. The third-order valence-electron chi connectivity index (χ3n) is 3.02. The molecule has 0 saturated carbocycles. The van der Waals surface area contributed by atoms with Gasteiger partial charge in [0.15, 0.2) is 0 Å². The number of sulfonamides is 1. The second-order valence-electron chi connectivity index (χ2n) is 5.13. The van der Waals surface area contributed by atoms with E-state index in [9.17, 15) is 23.3 Å². The van der Waals surface area contributed by atoms with Crippen molar-refractivity contribution in [1.82, 2.24) is 9.62 Å². The molecular weight excluding hydrogens is 324 g/mol. The van der Waals surface area contributed by atoms with Gasteiger partial charge in [0, 0.05) is 31.8 Å². The number of carbonyl (C=O) groups excluding carboxylic acids is 1. The Labute approximate surface area is 134 Å². The number of nitrogens with two attached hydrogens (primary N) is 1. The molecule has 1 amide bonds. The third-order valence-corrected chi connectivity index (χ3v) is 4.82. The quantitative estimate of drug-likeness (QED) is 0.506. The van der Waals surface area contributed by atoms with Crippen LogP contribution in [0, 0.1) is 10.1 Å². The average Bonchev–Trinajstić information content (AvgIpc) is 2.46. The number of hydrogen-bond donors (Lipinski definition) is 2. The molecule has 128 valence electrons. The zero-order valence-corrected chi connectivity index (χ0v) is 13.7. The predicted octanol–water partition coefficient (Wildman–Crippen LogP) is 0.0688. The number of likely N-dealkylation sites (N-methyl/N-ethyl adjacent to an activating group) is 1. The highest BCUT2D eigenvalue weighted by Gasteiger charge is 2.24. The van der Waals surface area contributed by atoms with Gasteiger partial charge < -0.3 is 11.1 Å². The maximum atomic E-state index is 12.3. The Kier molecular flexibility index (Phi) is 6.61. The van der Waals surface area contributed by atoms with Crippen LogP contribution in [-0.4, -0.2) is 49.7 Å². The third kappa shape index (κ3) is 5.58. The molecule has 1 aromatic carbocycles. The molecule has 9 nitrogen and oxygen atoms in total. The van der Waals surface area contributed by atoms with E-state index < -0.39 is 20.9 Å². The molecule has 0 fully saturated rings. The van der Waals surface area contributed by atoms with E-state index in [2.05, 4.69) is 5.32 Å². The minimum absolute atomic E-state index is 0.0679. The number of carbonyl (C=O) groups is 1.